The number of amides is 1. The summed E-state index contributed by atoms with van der Waals surface area (Å²) in [6.45, 7) is 5.02. The molecule has 1 aromatic carbocycles. The van der Waals surface area contributed by atoms with Crippen molar-refractivity contribution in [2.24, 2.45) is 4.99 Å². The maximum absolute atomic E-state index is 12.0. The van der Waals surface area contributed by atoms with Gasteiger partial charge < -0.3 is 5.32 Å². The van der Waals surface area contributed by atoms with Crippen molar-refractivity contribution in [1.29, 1.82) is 0 Å². The molecule has 1 aliphatic carbocycles. The molecule has 4 nitrogen and oxygen atoms in total. The number of carbonyl (C=O) groups is 2. The minimum absolute atomic E-state index is 0.0774. The number of aliphatic imine (C=N–C) groups is 1. The molecule has 0 spiro atoms. The standard InChI is InChI=1S/C16H15ClN2O2/c1-9-6-4-5-7-12(9)19-13-8-14(18-11(3)20)16(21)15(17)10(13)2/h4-8H,1-3H3,(H,18,20). The lowest BCUT2D eigenvalue weighted by Gasteiger charge is -2.16. The van der Waals surface area contributed by atoms with Crippen molar-refractivity contribution in [3.63, 3.8) is 0 Å². The van der Waals surface area contributed by atoms with Gasteiger partial charge in [0.25, 0.3) is 0 Å². The molecule has 1 amide bonds. The summed E-state index contributed by atoms with van der Waals surface area (Å²) in [5, 5.41) is 2.56. The van der Waals surface area contributed by atoms with Crippen LogP contribution >= 0.6 is 11.6 Å². The second kappa shape index (κ2) is 6.06. The highest BCUT2D eigenvalue weighted by Gasteiger charge is 2.24. The van der Waals surface area contributed by atoms with Crippen LogP contribution in [0.2, 0.25) is 0 Å². The Morgan fingerprint density at radius 2 is 1.90 bits per heavy atom. The Morgan fingerprint density at radius 3 is 2.52 bits per heavy atom. The van der Waals surface area contributed by atoms with E-state index in [1.54, 1.807) is 13.0 Å². The summed E-state index contributed by atoms with van der Waals surface area (Å²) >= 11 is 6.05. The quantitative estimate of drug-likeness (QED) is 0.853. The molecule has 2 rings (SSSR count). The molecule has 0 saturated heterocycles. The highest BCUT2D eigenvalue weighted by Crippen LogP contribution is 2.25. The number of hydrogen-bond acceptors (Lipinski definition) is 3. The van der Waals surface area contributed by atoms with E-state index >= 15 is 0 Å². The Kier molecular flexibility index (Phi) is 4.38. The number of halogens is 1. The molecule has 0 unspecified atom stereocenters. The Morgan fingerprint density at radius 1 is 1.24 bits per heavy atom. The van der Waals surface area contributed by atoms with E-state index in [9.17, 15) is 9.59 Å². The molecule has 5 heteroatoms. The van der Waals surface area contributed by atoms with Gasteiger partial charge in [0.05, 0.1) is 22.1 Å². The van der Waals surface area contributed by atoms with Crippen LogP contribution in [0.1, 0.15) is 19.4 Å². The molecule has 0 radical (unpaired) electrons. The number of rotatable bonds is 2. The zero-order chi connectivity index (χ0) is 15.6. The van der Waals surface area contributed by atoms with Crippen LogP contribution in [0.5, 0.6) is 0 Å². The third-order valence-electron chi connectivity index (χ3n) is 3.11. The Bertz CT molecular complexity index is 715. The summed E-state index contributed by atoms with van der Waals surface area (Å²) in [6, 6.07) is 7.65. The van der Waals surface area contributed by atoms with Crippen LogP contribution in [0.3, 0.4) is 0 Å². The molecule has 0 bridgehead atoms. The van der Waals surface area contributed by atoms with E-state index in [1.807, 2.05) is 31.2 Å². The first-order chi connectivity index (χ1) is 9.90. The van der Waals surface area contributed by atoms with Gasteiger partial charge in [-0.3, -0.25) is 9.59 Å². The van der Waals surface area contributed by atoms with E-state index in [0.717, 1.165) is 11.3 Å². The molecule has 0 atom stereocenters. The topological polar surface area (TPSA) is 58.5 Å². The molecule has 1 aromatic rings. The summed E-state index contributed by atoms with van der Waals surface area (Å²) in [5.41, 5.74) is 3.12. The maximum Gasteiger partial charge on any atom is 0.221 e. The van der Waals surface area contributed by atoms with Gasteiger partial charge in [0, 0.05) is 6.92 Å². The van der Waals surface area contributed by atoms with Crippen molar-refractivity contribution in [2.45, 2.75) is 20.8 Å². The van der Waals surface area contributed by atoms with Gasteiger partial charge >= 0.3 is 0 Å². The van der Waals surface area contributed by atoms with Crippen molar-refractivity contribution in [3.8, 4) is 0 Å². The summed E-state index contributed by atoms with van der Waals surface area (Å²) in [7, 11) is 0. The number of nitrogens with zero attached hydrogens (tertiary/aromatic N) is 1. The zero-order valence-electron chi connectivity index (χ0n) is 12.0. The van der Waals surface area contributed by atoms with E-state index in [-0.39, 0.29) is 16.6 Å². The number of allylic oxidation sites excluding steroid dienone is 3. The molecule has 1 N–H and O–H groups in total. The third-order valence-corrected chi connectivity index (χ3v) is 3.56. The summed E-state index contributed by atoms with van der Waals surface area (Å²) in [5.74, 6) is -0.720. The fourth-order valence-electron chi connectivity index (χ4n) is 1.93. The van der Waals surface area contributed by atoms with Gasteiger partial charge in [-0.1, -0.05) is 29.8 Å². The van der Waals surface area contributed by atoms with Gasteiger partial charge in [0.1, 0.15) is 0 Å². The Balaban J connectivity index is 2.50. The predicted molar refractivity (Wildman–Crippen MR) is 83.7 cm³/mol. The molecule has 0 aromatic heterocycles. The average molecular weight is 303 g/mol. The first-order valence-corrected chi connectivity index (χ1v) is 6.83. The Labute approximate surface area is 128 Å². The largest absolute Gasteiger partial charge is 0.323 e. The van der Waals surface area contributed by atoms with E-state index in [1.165, 1.54) is 6.92 Å². The van der Waals surface area contributed by atoms with Gasteiger partial charge in [-0.2, -0.15) is 0 Å². The van der Waals surface area contributed by atoms with Gasteiger partial charge in [-0.15, -0.1) is 0 Å². The van der Waals surface area contributed by atoms with E-state index in [4.69, 9.17) is 11.6 Å². The number of Topliss-reactive ketones (excluding diaryl/α,β-unsaturated/α-hetero) is 1. The smallest absolute Gasteiger partial charge is 0.221 e. The minimum atomic E-state index is -0.395. The van der Waals surface area contributed by atoms with E-state index in [0.29, 0.717) is 11.3 Å². The van der Waals surface area contributed by atoms with E-state index < -0.39 is 5.78 Å². The average Bonchev–Trinajstić information content (AvgIpc) is 2.43. The van der Waals surface area contributed by atoms with Crippen LogP contribution < -0.4 is 5.32 Å². The molecule has 0 fully saturated rings. The third kappa shape index (κ3) is 3.28. The monoisotopic (exact) mass is 302 g/mol. The normalized spacial score (nSPS) is 17.0. The fraction of sp³-hybridized carbons (Fsp3) is 0.188. The van der Waals surface area contributed by atoms with Crippen molar-refractivity contribution in [1.82, 2.24) is 5.32 Å². The summed E-state index contributed by atoms with van der Waals surface area (Å²) in [6.07, 6.45) is 1.55. The highest BCUT2D eigenvalue weighted by atomic mass is 35.5. The van der Waals surface area contributed by atoms with Gasteiger partial charge in [0.2, 0.25) is 11.7 Å². The number of hydrogen-bond donors (Lipinski definition) is 1. The SMILES string of the molecule is CC(=O)NC1=CC(=Nc2ccccc2C)C(C)=C(Cl)C1=O. The lowest BCUT2D eigenvalue weighted by Crippen LogP contribution is -2.29. The molecule has 21 heavy (non-hydrogen) atoms. The second-order valence-corrected chi connectivity index (χ2v) is 5.17. The first kappa shape index (κ1) is 15.2. The van der Waals surface area contributed by atoms with E-state index in [2.05, 4.69) is 10.3 Å². The molecule has 1 aliphatic rings. The van der Waals surface area contributed by atoms with Crippen molar-refractivity contribution >= 4 is 34.7 Å². The van der Waals surface area contributed by atoms with Crippen molar-refractivity contribution in [2.75, 3.05) is 0 Å². The molecule has 0 heterocycles. The number of benzene rings is 1. The van der Waals surface area contributed by atoms with Crippen LogP contribution in [0, 0.1) is 6.92 Å². The minimum Gasteiger partial charge on any atom is -0.323 e. The van der Waals surface area contributed by atoms with Crippen molar-refractivity contribution < 1.29 is 9.59 Å². The molecular weight excluding hydrogens is 288 g/mol. The van der Waals surface area contributed by atoms with Crippen LogP contribution in [0.15, 0.2) is 51.6 Å². The molecular formula is C16H15ClN2O2. The number of carbonyl (C=O) groups excluding carboxylic acids is 2. The zero-order valence-corrected chi connectivity index (χ0v) is 12.8. The van der Waals surface area contributed by atoms with Gasteiger partial charge in [-0.25, -0.2) is 4.99 Å². The fourth-order valence-corrected chi connectivity index (χ4v) is 2.13. The van der Waals surface area contributed by atoms with Gasteiger partial charge in [-0.05, 0) is 37.1 Å². The summed E-state index contributed by atoms with van der Waals surface area (Å²) in [4.78, 5) is 27.7. The predicted octanol–water partition coefficient (Wildman–Crippen LogP) is 3.18. The number of nitrogens with one attached hydrogen (secondary N) is 1. The van der Waals surface area contributed by atoms with Crippen LogP contribution in [0.4, 0.5) is 5.69 Å². The van der Waals surface area contributed by atoms with Crippen LogP contribution in [0.25, 0.3) is 0 Å². The highest BCUT2D eigenvalue weighted by molar-refractivity contribution is 6.49. The van der Waals surface area contributed by atoms with Crippen molar-refractivity contribution in [3.05, 3.63) is 52.2 Å². The second-order valence-electron chi connectivity index (χ2n) is 4.79. The maximum atomic E-state index is 12.0. The number of aryl methyl sites for hydroxylation is 1. The number of para-hydroxylation sites is 1. The lowest BCUT2D eigenvalue weighted by atomic mass is 10.0. The molecule has 108 valence electrons. The van der Waals surface area contributed by atoms with Crippen LogP contribution in [-0.2, 0) is 9.59 Å². The molecule has 0 saturated carbocycles. The van der Waals surface area contributed by atoms with Crippen LogP contribution in [-0.4, -0.2) is 17.4 Å². The lowest BCUT2D eigenvalue weighted by molar-refractivity contribution is -0.120. The summed E-state index contributed by atoms with van der Waals surface area (Å²) < 4.78 is 0. The van der Waals surface area contributed by atoms with Gasteiger partial charge in [0.15, 0.2) is 0 Å². The number of ketones is 1. The Hall–Kier alpha value is -2.20. The molecule has 0 aliphatic heterocycles. The first-order valence-electron chi connectivity index (χ1n) is 6.45.